The van der Waals surface area contributed by atoms with Crippen molar-refractivity contribution in [1.29, 1.82) is 0 Å². The fourth-order valence-corrected chi connectivity index (χ4v) is 6.22. The van der Waals surface area contributed by atoms with Crippen molar-refractivity contribution < 1.29 is 22.7 Å². The molecule has 226 valence electrons. The molecule has 0 fully saturated rings. The number of carbonyl (C=O) groups excluding carboxylic acids is 2. The van der Waals surface area contributed by atoms with E-state index in [1.807, 2.05) is 27.7 Å². The molecular weight excluding hydrogens is 621 g/mol. The Balaban J connectivity index is 2.15. The van der Waals surface area contributed by atoms with Gasteiger partial charge in [-0.1, -0.05) is 58.6 Å². The van der Waals surface area contributed by atoms with Gasteiger partial charge in [0, 0.05) is 32.7 Å². The van der Waals surface area contributed by atoms with E-state index in [0.29, 0.717) is 15.6 Å². The standard InChI is InChI=1S/C30H34Cl3N3O5S/c1-19-10-13-22(14-11-19)42(39,40)36(26-16-21(31)12-15-27(26)41-6)18-28(37)35(20(2)29(38)34-30(3,4)5)17-23-24(32)8-7-9-25(23)33/h7-16,20H,17-18H2,1-6H3,(H,34,38)/t20-/m1/s1. The monoisotopic (exact) mass is 653 g/mol. The maximum Gasteiger partial charge on any atom is 0.264 e. The molecule has 0 bridgehead atoms. The number of amides is 2. The summed E-state index contributed by atoms with van der Waals surface area (Å²) in [6.07, 6.45) is 0. The first-order valence-electron chi connectivity index (χ1n) is 13.0. The van der Waals surface area contributed by atoms with Crippen molar-refractivity contribution in [2.45, 2.75) is 57.6 Å². The highest BCUT2D eigenvalue weighted by atomic mass is 35.5. The lowest BCUT2D eigenvalue weighted by atomic mass is 10.1. The lowest BCUT2D eigenvalue weighted by molar-refractivity contribution is -0.140. The maximum atomic E-state index is 14.2. The quantitative estimate of drug-likeness (QED) is 0.270. The maximum absolute atomic E-state index is 14.2. The third kappa shape index (κ3) is 8.10. The second kappa shape index (κ2) is 13.5. The second-order valence-electron chi connectivity index (χ2n) is 10.8. The minimum atomic E-state index is -4.32. The number of halogens is 3. The molecule has 1 N–H and O–H groups in total. The number of hydrogen-bond acceptors (Lipinski definition) is 5. The van der Waals surface area contributed by atoms with Crippen molar-refractivity contribution in [3.8, 4) is 5.75 Å². The summed E-state index contributed by atoms with van der Waals surface area (Å²) in [6.45, 7) is 8.01. The van der Waals surface area contributed by atoms with E-state index in [9.17, 15) is 18.0 Å². The lowest BCUT2D eigenvalue weighted by Crippen LogP contribution is -2.54. The fraction of sp³-hybridized carbons (Fsp3) is 0.333. The molecule has 2 amide bonds. The van der Waals surface area contributed by atoms with E-state index in [2.05, 4.69) is 5.32 Å². The predicted octanol–water partition coefficient (Wildman–Crippen LogP) is 6.49. The van der Waals surface area contributed by atoms with Gasteiger partial charge in [-0.15, -0.1) is 0 Å². The highest BCUT2D eigenvalue weighted by Crippen LogP contribution is 2.35. The third-order valence-electron chi connectivity index (χ3n) is 6.35. The van der Waals surface area contributed by atoms with Crippen LogP contribution in [0.1, 0.15) is 38.8 Å². The van der Waals surface area contributed by atoms with Crippen LogP contribution in [0.15, 0.2) is 65.6 Å². The zero-order valence-corrected chi connectivity index (χ0v) is 27.3. The van der Waals surface area contributed by atoms with Crippen molar-refractivity contribution in [3.05, 3.63) is 86.9 Å². The van der Waals surface area contributed by atoms with Gasteiger partial charge in [-0.2, -0.15) is 0 Å². The van der Waals surface area contributed by atoms with Crippen LogP contribution in [-0.2, 0) is 26.2 Å². The smallest absolute Gasteiger partial charge is 0.264 e. The van der Waals surface area contributed by atoms with Crippen molar-refractivity contribution in [1.82, 2.24) is 10.2 Å². The molecular formula is C30H34Cl3N3O5S. The van der Waals surface area contributed by atoms with Crippen molar-refractivity contribution in [3.63, 3.8) is 0 Å². The van der Waals surface area contributed by atoms with Crippen LogP contribution in [0.4, 0.5) is 5.69 Å². The largest absolute Gasteiger partial charge is 0.495 e. The summed E-state index contributed by atoms with van der Waals surface area (Å²) in [5.41, 5.74) is 0.745. The molecule has 0 aliphatic carbocycles. The summed E-state index contributed by atoms with van der Waals surface area (Å²) >= 11 is 19.1. The molecule has 0 heterocycles. The number of methoxy groups -OCH3 is 1. The topological polar surface area (TPSA) is 96.0 Å². The van der Waals surface area contributed by atoms with E-state index < -0.39 is 40.0 Å². The van der Waals surface area contributed by atoms with E-state index in [1.165, 1.54) is 36.3 Å². The van der Waals surface area contributed by atoms with E-state index in [-0.39, 0.29) is 27.9 Å². The van der Waals surface area contributed by atoms with Crippen LogP contribution in [0.2, 0.25) is 15.1 Å². The number of hydrogen-bond donors (Lipinski definition) is 1. The average Bonchev–Trinajstić information content (AvgIpc) is 2.90. The molecule has 42 heavy (non-hydrogen) atoms. The zero-order chi connectivity index (χ0) is 31.4. The van der Waals surface area contributed by atoms with Gasteiger partial charge in [-0.05, 0) is 77.1 Å². The fourth-order valence-electron chi connectivity index (χ4n) is 4.12. The molecule has 0 saturated heterocycles. The van der Waals surface area contributed by atoms with E-state index in [1.54, 1.807) is 43.3 Å². The Hall–Kier alpha value is -2.98. The number of sulfonamides is 1. The SMILES string of the molecule is COc1ccc(Cl)cc1N(CC(=O)N(Cc1c(Cl)cccc1Cl)[C@H](C)C(=O)NC(C)(C)C)S(=O)(=O)c1ccc(C)cc1. The van der Waals surface area contributed by atoms with E-state index in [4.69, 9.17) is 39.5 Å². The molecule has 8 nitrogen and oxygen atoms in total. The van der Waals surface area contributed by atoms with Crippen LogP contribution >= 0.6 is 34.8 Å². The lowest BCUT2D eigenvalue weighted by Gasteiger charge is -2.34. The number of anilines is 1. The molecule has 12 heteroatoms. The van der Waals surface area contributed by atoms with Crippen LogP contribution in [0.5, 0.6) is 5.75 Å². The summed E-state index contributed by atoms with van der Waals surface area (Å²) < 4.78 is 34.5. The molecule has 3 aromatic carbocycles. The number of benzene rings is 3. The molecule has 0 unspecified atom stereocenters. The molecule has 0 aliphatic heterocycles. The molecule has 0 aliphatic rings. The number of nitrogens with one attached hydrogen (secondary N) is 1. The molecule has 3 aromatic rings. The molecule has 0 aromatic heterocycles. The molecule has 1 atom stereocenters. The molecule has 0 spiro atoms. The highest BCUT2D eigenvalue weighted by molar-refractivity contribution is 7.92. The van der Waals surface area contributed by atoms with Crippen LogP contribution in [-0.4, -0.2) is 50.4 Å². The van der Waals surface area contributed by atoms with Crippen molar-refractivity contribution >= 4 is 62.3 Å². The Morgan fingerprint density at radius 3 is 2.12 bits per heavy atom. The third-order valence-corrected chi connectivity index (χ3v) is 9.07. The highest BCUT2D eigenvalue weighted by Gasteiger charge is 2.35. The van der Waals surface area contributed by atoms with Crippen molar-refractivity contribution in [2.24, 2.45) is 0 Å². The molecule has 3 rings (SSSR count). The van der Waals surface area contributed by atoms with E-state index in [0.717, 1.165) is 9.87 Å². The molecule has 0 saturated carbocycles. The van der Waals surface area contributed by atoms with Gasteiger partial charge in [0.1, 0.15) is 18.3 Å². The number of carbonyl (C=O) groups is 2. The van der Waals surface area contributed by atoms with Crippen LogP contribution < -0.4 is 14.4 Å². The van der Waals surface area contributed by atoms with Crippen molar-refractivity contribution in [2.75, 3.05) is 18.0 Å². The second-order valence-corrected chi connectivity index (χ2v) is 13.9. The van der Waals surface area contributed by atoms with Crippen LogP contribution in [0.3, 0.4) is 0 Å². The van der Waals surface area contributed by atoms with E-state index >= 15 is 0 Å². The summed E-state index contributed by atoms with van der Waals surface area (Å²) in [4.78, 5) is 28.7. The van der Waals surface area contributed by atoms with Gasteiger partial charge in [0.05, 0.1) is 17.7 Å². The number of ether oxygens (including phenoxy) is 1. The Morgan fingerprint density at radius 2 is 1.57 bits per heavy atom. The van der Waals surface area contributed by atoms with Gasteiger partial charge in [0.15, 0.2) is 0 Å². The number of aryl methyl sites for hydroxylation is 1. The average molecular weight is 655 g/mol. The van der Waals surface area contributed by atoms with Gasteiger partial charge >= 0.3 is 0 Å². The summed E-state index contributed by atoms with van der Waals surface area (Å²) in [6, 6.07) is 14.6. The molecule has 0 radical (unpaired) electrons. The zero-order valence-electron chi connectivity index (χ0n) is 24.2. The Bertz CT molecular complexity index is 1540. The minimum absolute atomic E-state index is 0.0397. The van der Waals surface area contributed by atoms with Gasteiger partial charge < -0.3 is 15.0 Å². The summed E-state index contributed by atoms with van der Waals surface area (Å²) in [7, 11) is -2.93. The van der Waals surface area contributed by atoms with Crippen LogP contribution in [0, 0.1) is 6.92 Å². The van der Waals surface area contributed by atoms with Crippen LogP contribution in [0.25, 0.3) is 0 Å². The first-order chi connectivity index (χ1) is 19.5. The number of nitrogens with zero attached hydrogens (tertiary/aromatic N) is 2. The Kier molecular flexibility index (Phi) is 10.8. The summed E-state index contributed by atoms with van der Waals surface area (Å²) in [5.74, 6) is -0.935. The Labute approximate surface area is 262 Å². The normalized spacial score (nSPS) is 12.4. The number of rotatable bonds is 10. The van der Waals surface area contributed by atoms with Gasteiger partial charge in [0.2, 0.25) is 11.8 Å². The van der Waals surface area contributed by atoms with Gasteiger partial charge in [-0.25, -0.2) is 8.42 Å². The van der Waals surface area contributed by atoms with Gasteiger partial charge in [0.25, 0.3) is 10.0 Å². The first kappa shape index (κ1) is 33.5. The predicted molar refractivity (Wildman–Crippen MR) is 168 cm³/mol. The first-order valence-corrected chi connectivity index (χ1v) is 15.6. The Morgan fingerprint density at radius 1 is 0.976 bits per heavy atom. The summed E-state index contributed by atoms with van der Waals surface area (Å²) in [5, 5.41) is 3.70. The van der Waals surface area contributed by atoms with Gasteiger partial charge in [-0.3, -0.25) is 13.9 Å². The minimum Gasteiger partial charge on any atom is -0.495 e.